The van der Waals surface area contributed by atoms with Gasteiger partial charge in [-0.1, -0.05) is 18.2 Å². The molecule has 0 radical (unpaired) electrons. The van der Waals surface area contributed by atoms with Crippen LogP contribution in [0, 0.1) is 0 Å². The lowest BCUT2D eigenvalue weighted by atomic mass is 9.91. The first kappa shape index (κ1) is 23.8. The average molecular weight is 446 g/mol. The summed E-state index contributed by atoms with van der Waals surface area (Å²) in [5.74, 6) is 0. The molecule has 0 aromatic heterocycles. The van der Waals surface area contributed by atoms with Crippen molar-refractivity contribution in [1.29, 1.82) is 0 Å². The van der Waals surface area contributed by atoms with Crippen LogP contribution >= 0.6 is 0 Å². The second-order valence-electron chi connectivity index (χ2n) is 6.36. The molecule has 12 heteroatoms. The number of benzene rings is 2. The molecule has 0 bridgehead atoms. The maximum Gasteiger partial charge on any atom is 0.423 e. The molecule has 2 rings (SSSR count). The van der Waals surface area contributed by atoms with Crippen molar-refractivity contribution in [3.05, 3.63) is 64.7 Å². The zero-order valence-electron chi connectivity index (χ0n) is 14.9. The fourth-order valence-electron chi connectivity index (χ4n) is 2.68. The second-order valence-corrected chi connectivity index (χ2v) is 6.36. The minimum Gasteiger partial charge on any atom is -0.381 e. The number of alkyl halides is 9. The minimum atomic E-state index is -5.44. The average Bonchev–Trinajstić information content (AvgIpc) is 2.63. The van der Waals surface area contributed by atoms with Gasteiger partial charge < -0.3 is 16.2 Å². The Hall–Kier alpha value is -2.47. The first-order valence-corrected chi connectivity index (χ1v) is 8.20. The third-order valence-electron chi connectivity index (χ3n) is 4.32. The zero-order valence-corrected chi connectivity index (χ0v) is 14.9. The number of nitrogens with one attached hydrogen (secondary N) is 1. The molecule has 2 aromatic carbocycles. The third kappa shape index (κ3) is 4.98. The predicted octanol–water partition coefficient (Wildman–Crippen LogP) is 5.04. The Balaban J connectivity index is 2.42. The van der Waals surface area contributed by atoms with Gasteiger partial charge in [-0.2, -0.15) is 39.5 Å². The molecular formula is C18H15F9N2O. The summed E-state index contributed by atoms with van der Waals surface area (Å²) in [5.41, 5.74) is -3.06. The van der Waals surface area contributed by atoms with Crippen LogP contribution in [0.2, 0.25) is 0 Å². The molecule has 4 N–H and O–H groups in total. The van der Waals surface area contributed by atoms with Crippen LogP contribution in [-0.4, -0.2) is 17.8 Å². The molecule has 0 aliphatic carbocycles. The van der Waals surface area contributed by atoms with Crippen molar-refractivity contribution in [3.8, 4) is 0 Å². The normalized spacial score (nSPS) is 15.0. The molecule has 0 amide bonds. The van der Waals surface area contributed by atoms with Crippen molar-refractivity contribution in [2.45, 2.75) is 30.7 Å². The van der Waals surface area contributed by atoms with Crippen molar-refractivity contribution < 1.29 is 44.6 Å². The van der Waals surface area contributed by atoms with Crippen LogP contribution in [-0.2, 0) is 24.5 Å². The Morgan fingerprint density at radius 2 is 1.40 bits per heavy atom. The number of hydrogen-bond acceptors (Lipinski definition) is 3. The van der Waals surface area contributed by atoms with Gasteiger partial charge in [0, 0.05) is 12.2 Å². The van der Waals surface area contributed by atoms with Gasteiger partial charge in [0.05, 0.1) is 17.7 Å². The number of hydrogen-bond donors (Lipinski definition) is 3. The predicted molar refractivity (Wildman–Crippen MR) is 89.2 cm³/mol. The summed E-state index contributed by atoms with van der Waals surface area (Å²) in [5, 5.41) is 12.2. The third-order valence-corrected chi connectivity index (χ3v) is 4.32. The smallest absolute Gasteiger partial charge is 0.381 e. The van der Waals surface area contributed by atoms with Gasteiger partial charge in [0.15, 0.2) is 0 Å². The van der Waals surface area contributed by atoms with Crippen LogP contribution in [0.15, 0.2) is 42.5 Å². The number of anilines is 1. The van der Waals surface area contributed by atoms with Crippen LogP contribution in [0.4, 0.5) is 45.2 Å². The van der Waals surface area contributed by atoms with Crippen LogP contribution in [0.3, 0.4) is 0 Å². The molecule has 0 aliphatic rings. The van der Waals surface area contributed by atoms with Gasteiger partial charge in [-0.15, -0.1) is 0 Å². The van der Waals surface area contributed by atoms with Crippen molar-refractivity contribution in [3.63, 3.8) is 0 Å². The fourth-order valence-corrected chi connectivity index (χ4v) is 2.68. The maximum absolute atomic E-state index is 13.5. The highest BCUT2D eigenvalue weighted by atomic mass is 19.4. The van der Waals surface area contributed by atoms with Gasteiger partial charge in [-0.25, -0.2) is 0 Å². The van der Waals surface area contributed by atoms with Gasteiger partial charge in [-0.05, 0) is 35.4 Å². The number of halogens is 9. The largest absolute Gasteiger partial charge is 0.423 e. The monoisotopic (exact) mass is 446 g/mol. The maximum atomic E-state index is 13.5. The van der Waals surface area contributed by atoms with E-state index in [-0.39, 0.29) is 11.6 Å². The lowest BCUT2D eigenvalue weighted by molar-refractivity contribution is -0.260. The quantitative estimate of drug-likeness (QED) is 0.564. The molecule has 3 nitrogen and oxygen atoms in total. The molecule has 0 saturated heterocycles. The van der Waals surface area contributed by atoms with E-state index in [0.717, 1.165) is 12.1 Å². The van der Waals surface area contributed by atoms with Gasteiger partial charge in [-0.3, -0.25) is 0 Å². The highest BCUT2D eigenvalue weighted by Gasteiger charge is 2.55. The topological polar surface area (TPSA) is 58.3 Å². The highest BCUT2D eigenvalue weighted by molar-refractivity contribution is 5.50. The molecule has 166 valence electrons. The first-order valence-electron chi connectivity index (χ1n) is 8.20. The summed E-state index contributed by atoms with van der Waals surface area (Å²) in [7, 11) is 0. The van der Waals surface area contributed by atoms with Crippen LogP contribution in [0.25, 0.3) is 0 Å². The Labute approximate surface area is 164 Å². The fraction of sp³-hybridized carbons (Fsp3) is 0.333. The van der Waals surface area contributed by atoms with Gasteiger partial charge in [0.25, 0.3) is 0 Å². The lowest BCUT2D eigenvalue weighted by Crippen LogP contribution is -2.48. The van der Waals surface area contributed by atoms with Gasteiger partial charge in [0.1, 0.15) is 0 Å². The molecule has 2 aromatic rings. The Kier molecular flexibility index (Phi) is 6.34. The van der Waals surface area contributed by atoms with Gasteiger partial charge >= 0.3 is 18.5 Å². The molecule has 1 atom stereocenters. The summed E-state index contributed by atoms with van der Waals surface area (Å²) in [6.45, 7) is -1.91. The van der Waals surface area contributed by atoms with Gasteiger partial charge in [0.2, 0.25) is 5.60 Å². The van der Waals surface area contributed by atoms with E-state index >= 15 is 0 Å². The summed E-state index contributed by atoms with van der Waals surface area (Å²) in [6.07, 6.45) is -15.2. The van der Waals surface area contributed by atoms with E-state index < -0.39 is 59.6 Å². The van der Waals surface area contributed by atoms with Crippen molar-refractivity contribution in [2.75, 3.05) is 11.9 Å². The molecule has 0 unspecified atom stereocenters. The van der Waals surface area contributed by atoms with Crippen LogP contribution in [0.5, 0.6) is 0 Å². The number of aliphatic hydroxyl groups is 1. The molecular weight excluding hydrogens is 431 g/mol. The van der Waals surface area contributed by atoms with Crippen LogP contribution in [0.1, 0.15) is 22.3 Å². The van der Waals surface area contributed by atoms with E-state index in [2.05, 4.69) is 0 Å². The Morgan fingerprint density at radius 3 is 1.90 bits per heavy atom. The summed E-state index contributed by atoms with van der Waals surface area (Å²) >= 11 is 0. The van der Waals surface area contributed by atoms with Crippen LogP contribution < -0.4 is 11.1 Å². The molecule has 0 heterocycles. The molecule has 0 aliphatic heterocycles. The second kappa shape index (κ2) is 7.99. The van der Waals surface area contributed by atoms with E-state index in [4.69, 9.17) is 5.73 Å². The van der Waals surface area contributed by atoms with E-state index in [9.17, 15) is 44.6 Å². The Bertz CT molecular complexity index is 890. The van der Waals surface area contributed by atoms with Crippen molar-refractivity contribution in [2.24, 2.45) is 5.73 Å². The molecule has 30 heavy (non-hydrogen) atoms. The van der Waals surface area contributed by atoms with E-state index in [1.54, 1.807) is 0 Å². The number of nitrogens with two attached hydrogens (primary N) is 1. The minimum absolute atomic E-state index is 0.133. The molecule has 0 fully saturated rings. The van der Waals surface area contributed by atoms with Crippen molar-refractivity contribution in [1.82, 2.24) is 0 Å². The zero-order chi connectivity index (χ0) is 23.0. The van der Waals surface area contributed by atoms with E-state index in [0.29, 0.717) is 24.3 Å². The highest BCUT2D eigenvalue weighted by Crippen LogP contribution is 2.41. The first-order chi connectivity index (χ1) is 13.6. The SMILES string of the molecule is NCc1ccc(NC[C@@](O)(c2cccc(C(F)(F)F)c2)C(F)(F)F)cc1C(F)(F)F. The summed E-state index contributed by atoms with van der Waals surface area (Å²) in [6, 6.07) is 4.45. The molecule has 0 spiro atoms. The Morgan fingerprint density at radius 1 is 0.800 bits per heavy atom. The summed E-state index contributed by atoms with van der Waals surface area (Å²) in [4.78, 5) is 0. The van der Waals surface area contributed by atoms with E-state index in [1.807, 2.05) is 5.32 Å². The van der Waals surface area contributed by atoms with E-state index in [1.165, 1.54) is 0 Å². The standard InChI is InChI=1S/C18H15F9N2O/c19-16(20,21)12-3-1-2-11(6-12)15(30,18(25,26)27)9-29-13-5-4-10(8-28)14(7-13)17(22,23)24/h1-7,29-30H,8-9,28H2/t15-/m1/s1. The van der Waals surface area contributed by atoms with Crippen molar-refractivity contribution >= 4 is 5.69 Å². The lowest BCUT2D eigenvalue weighted by Gasteiger charge is -2.32. The summed E-state index contributed by atoms with van der Waals surface area (Å²) < 4.78 is 118. The number of rotatable bonds is 5. The molecule has 0 saturated carbocycles.